The standard InChI is InChI=1S/C23H17N3O3S/c27-19(20-10-11-21(30-20)23(28)29)9-8-18-15-26(14-16-5-2-1-3-6-16)25-22(18)17-7-4-12-24-13-17/h1-13,15H,14H2,(H,28,29)/b9-8+. The first-order valence-corrected chi connectivity index (χ1v) is 9.99. The number of pyridine rings is 1. The van der Waals surface area contributed by atoms with Crippen LogP contribution in [0.3, 0.4) is 0 Å². The number of allylic oxidation sites excluding steroid dienone is 1. The number of aromatic nitrogens is 3. The predicted octanol–water partition coefficient (Wildman–Crippen LogP) is 4.65. The van der Waals surface area contributed by atoms with Gasteiger partial charge in [0.1, 0.15) is 10.6 Å². The Balaban J connectivity index is 1.64. The van der Waals surface area contributed by atoms with E-state index in [-0.39, 0.29) is 10.7 Å². The van der Waals surface area contributed by atoms with E-state index < -0.39 is 5.97 Å². The number of benzene rings is 1. The van der Waals surface area contributed by atoms with E-state index in [9.17, 15) is 9.59 Å². The summed E-state index contributed by atoms with van der Waals surface area (Å²) >= 11 is 0.961. The molecule has 3 aromatic heterocycles. The second kappa shape index (κ2) is 8.67. The number of nitrogens with zero attached hydrogens (tertiary/aromatic N) is 3. The lowest BCUT2D eigenvalue weighted by molar-refractivity contribution is 0.0702. The van der Waals surface area contributed by atoms with Crippen LogP contribution in [-0.2, 0) is 6.54 Å². The van der Waals surface area contributed by atoms with E-state index in [2.05, 4.69) is 4.98 Å². The van der Waals surface area contributed by atoms with Gasteiger partial charge in [0.2, 0.25) is 0 Å². The molecule has 0 saturated carbocycles. The molecule has 148 valence electrons. The molecule has 0 aliphatic carbocycles. The maximum Gasteiger partial charge on any atom is 0.345 e. The molecule has 0 aliphatic rings. The molecular formula is C23H17N3O3S. The Labute approximate surface area is 176 Å². The number of aromatic carboxylic acids is 1. The highest BCUT2D eigenvalue weighted by molar-refractivity contribution is 7.16. The van der Waals surface area contributed by atoms with Gasteiger partial charge in [-0.3, -0.25) is 14.5 Å². The van der Waals surface area contributed by atoms with Crippen molar-refractivity contribution in [3.63, 3.8) is 0 Å². The van der Waals surface area contributed by atoms with Crippen molar-refractivity contribution in [2.24, 2.45) is 0 Å². The second-order valence-electron chi connectivity index (χ2n) is 6.52. The number of hydrogen-bond acceptors (Lipinski definition) is 5. The lowest BCUT2D eigenvalue weighted by atomic mass is 10.1. The number of ketones is 1. The summed E-state index contributed by atoms with van der Waals surface area (Å²) in [6, 6.07) is 16.7. The molecular weight excluding hydrogens is 398 g/mol. The van der Waals surface area contributed by atoms with Crippen molar-refractivity contribution in [3.8, 4) is 11.3 Å². The Bertz CT molecular complexity index is 1210. The number of carboxylic acids is 1. The summed E-state index contributed by atoms with van der Waals surface area (Å²) in [5, 5.41) is 13.7. The van der Waals surface area contributed by atoms with Gasteiger partial charge in [-0.1, -0.05) is 30.3 Å². The predicted molar refractivity (Wildman–Crippen MR) is 116 cm³/mol. The lowest BCUT2D eigenvalue weighted by Gasteiger charge is -2.01. The molecule has 4 rings (SSSR count). The zero-order valence-electron chi connectivity index (χ0n) is 15.8. The van der Waals surface area contributed by atoms with Crippen molar-refractivity contribution in [1.29, 1.82) is 0 Å². The third-order valence-corrected chi connectivity index (χ3v) is 5.47. The number of hydrogen-bond donors (Lipinski definition) is 1. The van der Waals surface area contributed by atoms with Gasteiger partial charge in [0.15, 0.2) is 5.78 Å². The molecule has 1 aromatic carbocycles. The van der Waals surface area contributed by atoms with Gasteiger partial charge in [-0.05, 0) is 42.0 Å². The first-order chi connectivity index (χ1) is 14.6. The molecule has 0 fully saturated rings. The average molecular weight is 415 g/mol. The van der Waals surface area contributed by atoms with Gasteiger partial charge >= 0.3 is 5.97 Å². The fourth-order valence-corrected chi connectivity index (χ4v) is 3.74. The van der Waals surface area contributed by atoms with Gasteiger partial charge in [0, 0.05) is 29.7 Å². The van der Waals surface area contributed by atoms with Crippen LogP contribution in [0, 0.1) is 0 Å². The minimum atomic E-state index is -1.04. The molecule has 0 bridgehead atoms. The molecule has 6 nitrogen and oxygen atoms in total. The Morgan fingerprint density at radius 3 is 2.53 bits per heavy atom. The second-order valence-corrected chi connectivity index (χ2v) is 7.61. The van der Waals surface area contributed by atoms with Crippen LogP contribution >= 0.6 is 11.3 Å². The van der Waals surface area contributed by atoms with Crippen molar-refractivity contribution < 1.29 is 14.7 Å². The summed E-state index contributed by atoms with van der Waals surface area (Å²) in [5.74, 6) is -1.29. The average Bonchev–Trinajstić information content (AvgIpc) is 3.41. The highest BCUT2D eigenvalue weighted by Gasteiger charge is 2.13. The highest BCUT2D eigenvalue weighted by Crippen LogP contribution is 2.24. The first kappa shape index (κ1) is 19.5. The SMILES string of the molecule is O=C(O)c1ccc(C(=O)/C=C/c2cn(Cc3ccccc3)nc2-c2cccnc2)s1. The smallest absolute Gasteiger partial charge is 0.345 e. The quantitative estimate of drug-likeness (QED) is 0.351. The monoisotopic (exact) mass is 415 g/mol. The van der Waals surface area contributed by atoms with Gasteiger partial charge in [0.05, 0.1) is 11.4 Å². The molecule has 0 spiro atoms. The Kier molecular flexibility index (Phi) is 5.63. The van der Waals surface area contributed by atoms with E-state index in [4.69, 9.17) is 10.2 Å². The number of carbonyl (C=O) groups excluding carboxylic acids is 1. The number of carbonyl (C=O) groups is 2. The molecule has 0 radical (unpaired) electrons. The van der Waals surface area contributed by atoms with Crippen LogP contribution in [0.15, 0.2) is 79.3 Å². The van der Waals surface area contributed by atoms with Gasteiger partial charge in [0.25, 0.3) is 0 Å². The third-order valence-electron chi connectivity index (χ3n) is 4.39. The topological polar surface area (TPSA) is 85.1 Å². The van der Waals surface area contributed by atoms with Crippen LogP contribution < -0.4 is 0 Å². The largest absolute Gasteiger partial charge is 0.477 e. The van der Waals surface area contributed by atoms with E-state index in [1.165, 1.54) is 18.2 Å². The number of carboxylic acid groups (broad SMARTS) is 1. The summed E-state index contributed by atoms with van der Waals surface area (Å²) < 4.78 is 1.83. The molecule has 0 unspecified atom stereocenters. The fourth-order valence-electron chi connectivity index (χ4n) is 2.97. The molecule has 4 aromatic rings. The molecule has 3 heterocycles. The molecule has 30 heavy (non-hydrogen) atoms. The van der Waals surface area contributed by atoms with E-state index >= 15 is 0 Å². The Morgan fingerprint density at radius 2 is 1.83 bits per heavy atom. The van der Waals surface area contributed by atoms with Crippen molar-refractivity contribution in [1.82, 2.24) is 14.8 Å². The van der Waals surface area contributed by atoms with Crippen LogP contribution in [0.2, 0.25) is 0 Å². The van der Waals surface area contributed by atoms with Crippen LogP contribution in [0.4, 0.5) is 0 Å². The molecule has 0 atom stereocenters. The minimum Gasteiger partial charge on any atom is -0.477 e. The van der Waals surface area contributed by atoms with Crippen molar-refractivity contribution >= 4 is 29.2 Å². The number of rotatable bonds is 7. The van der Waals surface area contributed by atoms with Gasteiger partial charge in [-0.15, -0.1) is 11.3 Å². The zero-order chi connectivity index (χ0) is 20.9. The van der Waals surface area contributed by atoms with Crippen LogP contribution in [-0.4, -0.2) is 31.6 Å². The minimum absolute atomic E-state index is 0.137. The van der Waals surface area contributed by atoms with Crippen LogP contribution in [0.25, 0.3) is 17.3 Å². The third kappa shape index (κ3) is 4.42. The maximum absolute atomic E-state index is 12.5. The van der Waals surface area contributed by atoms with E-state index in [0.29, 0.717) is 11.4 Å². The van der Waals surface area contributed by atoms with E-state index in [1.807, 2.05) is 53.3 Å². The normalized spacial score (nSPS) is 11.1. The van der Waals surface area contributed by atoms with E-state index in [0.717, 1.165) is 33.7 Å². The molecule has 1 N–H and O–H groups in total. The summed E-state index contributed by atoms with van der Waals surface area (Å²) in [7, 11) is 0. The molecule has 0 aliphatic heterocycles. The van der Waals surface area contributed by atoms with Gasteiger partial charge in [-0.2, -0.15) is 5.10 Å². The molecule has 7 heteroatoms. The summed E-state index contributed by atoms with van der Waals surface area (Å²) in [6.45, 7) is 0.600. The molecule has 0 amide bonds. The summed E-state index contributed by atoms with van der Waals surface area (Å²) in [6.07, 6.45) is 8.46. The van der Waals surface area contributed by atoms with Crippen molar-refractivity contribution in [2.45, 2.75) is 6.54 Å². The van der Waals surface area contributed by atoms with Crippen LogP contribution in [0.1, 0.15) is 30.5 Å². The summed E-state index contributed by atoms with van der Waals surface area (Å²) in [4.78, 5) is 28.2. The van der Waals surface area contributed by atoms with Gasteiger partial charge in [-0.25, -0.2) is 4.79 Å². The molecule has 0 saturated heterocycles. The fraction of sp³-hybridized carbons (Fsp3) is 0.0435. The first-order valence-electron chi connectivity index (χ1n) is 9.17. The van der Waals surface area contributed by atoms with Crippen molar-refractivity contribution in [3.05, 3.63) is 100 Å². The zero-order valence-corrected chi connectivity index (χ0v) is 16.6. The Hall–Kier alpha value is -3.84. The lowest BCUT2D eigenvalue weighted by Crippen LogP contribution is -2.00. The van der Waals surface area contributed by atoms with Crippen LogP contribution in [0.5, 0.6) is 0 Å². The van der Waals surface area contributed by atoms with Gasteiger partial charge < -0.3 is 5.11 Å². The number of thiophene rings is 1. The maximum atomic E-state index is 12.5. The summed E-state index contributed by atoms with van der Waals surface area (Å²) in [5.41, 5.74) is 3.47. The van der Waals surface area contributed by atoms with Crippen molar-refractivity contribution in [2.75, 3.05) is 0 Å². The van der Waals surface area contributed by atoms with E-state index in [1.54, 1.807) is 18.5 Å². The highest BCUT2D eigenvalue weighted by atomic mass is 32.1. The Morgan fingerprint density at radius 1 is 1.03 bits per heavy atom.